The number of hydrogen-bond acceptors (Lipinski definition) is 3. The van der Waals surface area contributed by atoms with Gasteiger partial charge in [-0.1, -0.05) is 0 Å². The first kappa shape index (κ1) is 13.2. The lowest BCUT2D eigenvalue weighted by atomic mass is 10.1. The van der Waals surface area contributed by atoms with Crippen LogP contribution in [0, 0.1) is 13.8 Å². The van der Waals surface area contributed by atoms with Gasteiger partial charge in [0.05, 0.1) is 5.69 Å². The molecule has 2 N–H and O–H groups in total. The van der Waals surface area contributed by atoms with E-state index in [0.29, 0.717) is 0 Å². The molecule has 1 aromatic rings. The molecule has 1 aromatic heterocycles. The van der Waals surface area contributed by atoms with Crippen molar-refractivity contribution in [3.8, 4) is 0 Å². The summed E-state index contributed by atoms with van der Waals surface area (Å²) in [7, 11) is 3.99. The molecule has 0 unspecified atom stereocenters. The molecule has 4 nitrogen and oxygen atoms in total. The first-order valence-electron chi connectivity index (χ1n) is 6.01. The SMILES string of the molecule is CNCCCNCCc1c(C)nn(C)c1C. The van der Waals surface area contributed by atoms with Crippen LogP contribution in [0.15, 0.2) is 0 Å². The molecule has 0 saturated carbocycles. The fourth-order valence-corrected chi connectivity index (χ4v) is 1.91. The van der Waals surface area contributed by atoms with Gasteiger partial charge in [-0.2, -0.15) is 5.10 Å². The molecule has 0 atom stereocenters. The van der Waals surface area contributed by atoms with Crippen molar-refractivity contribution >= 4 is 0 Å². The van der Waals surface area contributed by atoms with Crippen molar-refractivity contribution in [2.75, 3.05) is 26.7 Å². The van der Waals surface area contributed by atoms with Crippen molar-refractivity contribution in [3.63, 3.8) is 0 Å². The number of nitrogens with zero attached hydrogens (tertiary/aromatic N) is 2. The van der Waals surface area contributed by atoms with Gasteiger partial charge in [0.1, 0.15) is 0 Å². The first-order valence-corrected chi connectivity index (χ1v) is 6.01. The molecule has 16 heavy (non-hydrogen) atoms. The van der Waals surface area contributed by atoms with Gasteiger partial charge in [0.25, 0.3) is 0 Å². The van der Waals surface area contributed by atoms with Gasteiger partial charge >= 0.3 is 0 Å². The molecule has 1 rings (SSSR count). The molecule has 0 aliphatic heterocycles. The molecule has 0 bridgehead atoms. The normalized spacial score (nSPS) is 11.0. The van der Waals surface area contributed by atoms with Crippen molar-refractivity contribution in [2.24, 2.45) is 7.05 Å². The lowest BCUT2D eigenvalue weighted by molar-refractivity contribution is 0.623. The molecule has 0 aliphatic carbocycles. The Morgan fingerprint density at radius 1 is 1.19 bits per heavy atom. The molecule has 0 fully saturated rings. The smallest absolute Gasteiger partial charge is 0.0628 e. The number of rotatable bonds is 7. The summed E-state index contributed by atoms with van der Waals surface area (Å²) in [5.74, 6) is 0. The molecule has 1 heterocycles. The van der Waals surface area contributed by atoms with Crippen LogP contribution < -0.4 is 10.6 Å². The average molecular weight is 224 g/mol. The highest BCUT2D eigenvalue weighted by Gasteiger charge is 2.07. The van der Waals surface area contributed by atoms with Gasteiger partial charge in [-0.3, -0.25) is 4.68 Å². The molecule has 92 valence electrons. The minimum absolute atomic E-state index is 1.04. The van der Waals surface area contributed by atoms with Crippen LogP contribution in [-0.2, 0) is 13.5 Å². The van der Waals surface area contributed by atoms with Gasteiger partial charge in [-0.15, -0.1) is 0 Å². The zero-order chi connectivity index (χ0) is 12.0. The molecule has 0 aromatic carbocycles. The molecule has 4 heteroatoms. The van der Waals surface area contributed by atoms with Gasteiger partial charge in [0.15, 0.2) is 0 Å². The molecular formula is C12H24N4. The van der Waals surface area contributed by atoms with Crippen molar-refractivity contribution < 1.29 is 0 Å². The highest BCUT2D eigenvalue weighted by molar-refractivity contribution is 5.24. The van der Waals surface area contributed by atoms with Crippen LogP contribution in [0.3, 0.4) is 0 Å². The minimum atomic E-state index is 1.04. The monoisotopic (exact) mass is 224 g/mol. The third-order valence-electron chi connectivity index (χ3n) is 2.99. The van der Waals surface area contributed by atoms with Crippen LogP contribution in [0.1, 0.15) is 23.4 Å². The first-order chi connectivity index (χ1) is 7.66. The maximum atomic E-state index is 4.42. The Morgan fingerprint density at radius 2 is 1.94 bits per heavy atom. The van der Waals surface area contributed by atoms with Gasteiger partial charge in [-0.05, 0) is 58.9 Å². The lowest BCUT2D eigenvalue weighted by Crippen LogP contribution is -2.22. The van der Waals surface area contributed by atoms with Crippen molar-refractivity contribution in [2.45, 2.75) is 26.7 Å². The zero-order valence-electron chi connectivity index (χ0n) is 10.9. The Morgan fingerprint density at radius 3 is 2.50 bits per heavy atom. The van der Waals surface area contributed by atoms with E-state index < -0.39 is 0 Å². The fraction of sp³-hybridized carbons (Fsp3) is 0.750. The van der Waals surface area contributed by atoms with E-state index in [2.05, 4.69) is 29.6 Å². The summed E-state index contributed by atoms with van der Waals surface area (Å²) in [6, 6.07) is 0. The molecule has 0 aliphatic rings. The highest BCUT2D eigenvalue weighted by atomic mass is 15.3. The van der Waals surface area contributed by atoms with E-state index in [0.717, 1.165) is 31.7 Å². The van der Waals surface area contributed by atoms with Crippen LogP contribution in [0.4, 0.5) is 0 Å². The lowest BCUT2D eigenvalue weighted by Gasteiger charge is -2.05. The van der Waals surface area contributed by atoms with Gasteiger partial charge in [-0.25, -0.2) is 0 Å². The molecule has 0 saturated heterocycles. The zero-order valence-corrected chi connectivity index (χ0v) is 10.9. The van der Waals surface area contributed by atoms with Gasteiger partial charge < -0.3 is 10.6 Å². The Hall–Kier alpha value is -0.870. The summed E-state index contributed by atoms with van der Waals surface area (Å²) in [4.78, 5) is 0. The predicted octanol–water partition coefficient (Wildman–Crippen LogP) is 0.779. The number of aryl methyl sites for hydroxylation is 2. The Kier molecular flexibility index (Phi) is 5.49. The molecular weight excluding hydrogens is 200 g/mol. The van der Waals surface area contributed by atoms with Crippen LogP contribution in [-0.4, -0.2) is 36.5 Å². The van der Waals surface area contributed by atoms with Crippen molar-refractivity contribution in [1.29, 1.82) is 0 Å². The summed E-state index contributed by atoms with van der Waals surface area (Å²) in [6.45, 7) is 7.42. The largest absolute Gasteiger partial charge is 0.320 e. The molecule has 0 amide bonds. The quantitative estimate of drug-likeness (QED) is 0.673. The maximum absolute atomic E-state index is 4.42. The molecule has 0 spiro atoms. The van der Waals surface area contributed by atoms with Crippen LogP contribution in [0.5, 0.6) is 0 Å². The Labute approximate surface area is 98.4 Å². The number of aromatic nitrogens is 2. The predicted molar refractivity (Wildman–Crippen MR) is 67.8 cm³/mol. The summed E-state index contributed by atoms with van der Waals surface area (Å²) in [5.41, 5.74) is 3.84. The Bertz CT molecular complexity index is 317. The van der Waals surface area contributed by atoms with Crippen LogP contribution >= 0.6 is 0 Å². The standard InChI is InChI=1S/C12H24N4/c1-10-12(11(2)16(4)15-10)6-9-14-8-5-7-13-3/h13-14H,5-9H2,1-4H3. The van der Waals surface area contributed by atoms with Crippen LogP contribution in [0.25, 0.3) is 0 Å². The van der Waals surface area contributed by atoms with Gasteiger partial charge in [0.2, 0.25) is 0 Å². The second-order valence-electron chi connectivity index (χ2n) is 4.23. The summed E-state index contributed by atoms with van der Waals surface area (Å²) in [5, 5.41) is 11.0. The van der Waals surface area contributed by atoms with E-state index in [1.54, 1.807) is 0 Å². The van der Waals surface area contributed by atoms with Crippen molar-refractivity contribution in [3.05, 3.63) is 17.0 Å². The van der Waals surface area contributed by atoms with E-state index in [4.69, 9.17) is 0 Å². The van der Waals surface area contributed by atoms with E-state index in [1.807, 2.05) is 18.8 Å². The summed E-state index contributed by atoms with van der Waals surface area (Å²) >= 11 is 0. The molecule has 0 radical (unpaired) electrons. The van der Waals surface area contributed by atoms with Crippen molar-refractivity contribution in [1.82, 2.24) is 20.4 Å². The van der Waals surface area contributed by atoms with E-state index in [9.17, 15) is 0 Å². The third kappa shape index (κ3) is 3.61. The third-order valence-corrected chi connectivity index (χ3v) is 2.99. The number of hydrogen-bond donors (Lipinski definition) is 2. The fourth-order valence-electron chi connectivity index (χ4n) is 1.91. The number of nitrogens with one attached hydrogen (secondary N) is 2. The van der Waals surface area contributed by atoms with E-state index in [1.165, 1.54) is 17.7 Å². The van der Waals surface area contributed by atoms with Gasteiger partial charge in [0, 0.05) is 12.7 Å². The topological polar surface area (TPSA) is 41.9 Å². The average Bonchev–Trinajstić information content (AvgIpc) is 2.49. The van der Waals surface area contributed by atoms with E-state index >= 15 is 0 Å². The Balaban J connectivity index is 2.26. The highest BCUT2D eigenvalue weighted by Crippen LogP contribution is 2.11. The summed E-state index contributed by atoms with van der Waals surface area (Å²) < 4.78 is 1.96. The van der Waals surface area contributed by atoms with E-state index in [-0.39, 0.29) is 0 Å². The minimum Gasteiger partial charge on any atom is -0.320 e. The summed E-state index contributed by atoms with van der Waals surface area (Å²) in [6.07, 6.45) is 2.26. The second-order valence-corrected chi connectivity index (χ2v) is 4.23. The maximum Gasteiger partial charge on any atom is 0.0628 e. The van der Waals surface area contributed by atoms with Crippen LogP contribution in [0.2, 0.25) is 0 Å². The second kappa shape index (κ2) is 6.66.